The zero-order valence-electron chi connectivity index (χ0n) is 8.95. The number of phenols is 1. The van der Waals surface area contributed by atoms with Crippen LogP contribution in [0.3, 0.4) is 0 Å². The average molecular weight is 302 g/mol. The molecule has 0 spiro atoms. The largest absolute Gasteiger partial charge is 0.507 e. The minimum atomic E-state index is -0.0880. The van der Waals surface area contributed by atoms with Gasteiger partial charge in [0.05, 0.1) is 15.6 Å². The van der Waals surface area contributed by atoms with Crippen LogP contribution >= 0.6 is 34.8 Å². The Bertz CT molecular complexity index is 601. The predicted molar refractivity (Wildman–Crippen MR) is 74.0 cm³/mol. The van der Waals surface area contributed by atoms with Crippen LogP contribution in [-0.4, -0.2) is 11.4 Å². The summed E-state index contributed by atoms with van der Waals surface area (Å²) < 4.78 is 0. The van der Waals surface area contributed by atoms with Gasteiger partial charge in [0.1, 0.15) is 5.75 Å². The first kappa shape index (κ1) is 13.2. The molecule has 5 heteroatoms. The van der Waals surface area contributed by atoms with Crippen molar-refractivity contribution >= 4 is 41.1 Å². The van der Waals surface area contributed by atoms with Crippen LogP contribution in [0.4, 0.5) is 0 Å². The Labute approximate surface area is 119 Å². The summed E-state index contributed by atoms with van der Waals surface area (Å²) in [5.41, 5.74) is 1.39. The highest BCUT2D eigenvalue weighted by Gasteiger charge is 2.12. The van der Waals surface area contributed by atoms with Gasteiger partial charge in [0.25, 0.3) is 0 Å². The molecule has 0 aromatic heterocycles. The minimum Gasteiger partial charge on any atom is -0.507 e. The van der Waals surface area contributed by atoms with Crippen LogP contribution in [-0.2, 0) is 0 Å². The second-order valence-corrected chi connectivity index (χ2v) is 4.89. The van der Waals surface area contributed by atoms with Gasteiger partial charge < -0.3 is 5.11 Å². The number of aromatic hydroxyl groups is 1. The lowest BCUT2D eigenvalue weighted by molar-refractivity contribution is 0.112. The molecule has 0 aliphatic carbocycles. The lowest BCUT2D eigenvalue weighted by atomic mass is 10.0. The first-order chi connectivity index (χ1) is 8.52. The molecule has 0 bridgehead atoms. The Kier molecular flexibility index (Phi) is 3.81. The molecule has 0 heterocycles. The fraction of sp³-hybridized carbons (Fsp3) is 0. The van der Waals surface area contributed by atoms with E-state index >= 15 is 0 Å². The Morgan fingerprint density at radius 1 is 1.00 bits per heavy atom. The van der Waals surface area contributed by atoms with Gasteiger partial charge in [0.2, 0.25) is 0 Å². The van der Waals surface area contributed by atoms with Crippen molar-refractivity contribution in [1.29, 1.82) is 0 Å². The number of halogens is 3. The average Bonchev–Trinajstić information content (AvgIpc) is 2.30. The van der Waals surface area contributed by atoms with Gasteiger partial charge in [-0.2, -0.15) is 0 Å². The van der Waals surface area contributed by atoms with Crippen molar-refractivity contribution in [3.8, 4) is 16.9 Å². The quantitative estimate of drug-likeness (QED) is 0.806. The van der Waals surface area contributed by atoms with Gasteiger partial charge in [-0.25, -0.2) is 0 Å². The minimum absolute atomic E-state index is 0.0880. The normalized spacial score (nSPS) is 10.4. The van der Waals surface area contributed by atoms with Crippen LogP contribution in [0.5, 0.6) is 5.75 Å². The van der Waals surface area contributed by atoms with Crippen LogP contribution in [0, 0.1) is 0 Å². The molecule has 2 rings (SSSR count). The molecule has 0 aliphatic rings. The number of carbonyl (C=O) groups is 1. The summed E-state index contributed by atoms with van der Waals surface area (Å²) in [5, 5.41) is 10.6. The van der Waals surface area contributed by atoms with Crippen LogP contribution in [0.2, 0.25) is 15.1 Å². The maximum Gasteiger partial charge on any atom is 0.153 e. The molecule has 0 amide bonds. The predicted octanol–water partition coefficient (Wildman–Crippen LogP) is 4.83. The van der Waals surface area contributed by atoms with E-state index in [0.717, 1.165) is 0 Å². The lowest BCUT2D eigenvalue weighted by Crippen LogP contribution is -1.86. The molecule has 0 aliphatic heterocycles. The van der Waals surface area contributed by atoms with E-state index in [2.05, 4.69) is 0 Å². The summed E-state index contributed by atoms with van der Waals surface area (Å²) >= 11 is 18.0. The second-order valence-electron chi connectivity index (χ2n) is 3.64. The van der Waals surface area contributed by atoms with E-state index in [1.807, 2.05) is 0 Å². The number of benzene rings is 2. The Hall–Kier alpha value is -1.22. The van der Waals surface area contributed by atoms with Crippen LogP contribution < -0.4 is 0 Å². The first-order valence-electron chi connectivity index (χ1n) is 4.96. The van der Waals surface area contributed by atoms with E-state index in [4.69, 9.17) is 34.8 Å². The van der Waals surface area contributed by atoms with Crippen LogP contribution in [0.1, 0.15) is 10.4 Å². The Morgan fingerprint density at radius 2 is 1.61 bits per heavy atom. The number of carbonyl (C=O) groups excluding carboxylic acids is 1. The standard InChI is InChI=1S/C13H7Cl3O2/c14-9-4-10(15)13(11(16)5-9)7-1-2-12(18)8(3-7)6-17/h1-6,18H. The molecule has 0 atom stereocenters. The molecule has 0 saturated heterocycles. The molecule has 1 N–H and O–H groups in total. The fourth-order valence-corrected chi connectivity index (χ4v) is 2.66. The summed E-state index contributed by atoms with van der Waals surface area (Å²) in [6.45, 7) is 0. The summed E-state index contributed by atoms with van der Waals surface area (Å²) in [5.74, 6) is -0.0880. The van der Waals surface area contributed by atoms with Gasteiger partial charge in [-0.05, 0) is 29.8 Å². The van der Waals surface area contributed by atoms with Gasteiger partial charge in [-0.3, -0.25) is 4.79 Å². The third-order valence-electron chi connectivity index (χ3n) is 2.45. The SMILES string of the molecule is O=Cc1cc(-c2c(Cl)cc(Cl)cc2Cl)ccc1O. The maximum absolute atomic E-state index is 10.8. The van der Waals surface area contributed by atoms with Gasteiger partial charge in [0, 0.05) is 10.6 Å². The van der Waals surface area contributed by atoms with E-state index < -0.39 is 0 Å². The number of aldehydes is 1. The van der Waals surface area contributed by atoms with Gasteiger partial charge in [-0.15, -0.1) is 0 Å². The van der Waals surface area contributed by atoms with E-state index in [1.165, 1.54) is 12.1 Å². The Morgan fingerprint density at radius 3 is 2.17 bits per heavy atom. The molecule has 0 saturated carbocycles. The number of hydrogen-bond acceptors (Lipinski definition) is 2. The second kappa shape index (κ2) is 5.19. The molecule has 92 valence electrons. The molecule has 2 aromatic rings. The van der Waals surface area contributed by atoms with E-state index in [-0.39, 0.29) is 11.3 Å². The third kappa shape index (κ3) is 2.46. The molecule has 0 unspecified atom stereocenters. The van der Waals surface area contributed by atoms with E-state index in [9.17, 15) is 9.90 Å². The molecule has 2 aromatic carbocycles. The van der Waals surface area contributed by atoms with Crippen molar-refractivity contribution in [1.82, 2.24) is 0 Å². The highest BCUT2D eigenvalue weighted by molar-refractivity contribution is 6.41. The van der Waals surface area contributed by atoms with Crippen molar-refractivity contribution in [2.45, 2.75) is 0 Å². The van der Waals surface area contributed by atoms with Crippen LogP contribution in [0.25, 0.3) is 11.1 Å². The van der Waals surface area contributed by atoms with Crippen molar-refractivity contribution in [3.05, 3.63) is 51.0 Å². The molecule has 0 fully saturated rings. The topological polar surface area (TPSA) is 37.3 Å². The zero-order valence-corrected chi connectivity index (χ0v) is 11.2. The molecular formula is C13H7Cl3O2. The summed E-state index contributed by atoms with van der Waals surface area (Å²) in [7, 11) is 0. The van der Waals surface area contributed by atoms with Crippen molar-refractivity contribution < 1.29 is 9.90 Å². The maximum atomic E-state index is 10.8. The van der Waals surface area contributed by atoms with Gasteiger partial charge >= 0.3 is 0 Å². The molecule has 18 heavy (non-hydrogen) atoms. The Balaban J connectivity index is 2.66. The van der Waals surface area contributed by atoms with E-state index in [0.29, 0.717) is 32.5 Å². The number of hydrogen-bond donors (Lipinski definition) is 1. The summed E-state index contributed by atoms with van der Waals surface area (Å²) in [6.07, 6.45) is 0.566. The monoisotopic (exact) mass is 300 g/mol. The lowest BCUT2D eigenvalue weighted by Gasteiger charge is -2.09. The molecule has 0 radical (unpaired) electrons. The zero-order chi connectivity index (χ0) is 13.3. The van der Waals surface area contributed by atoms with Crippen molar-refractivity contribution in [2.75, 3.05) is 0 Å². The highest BCUT2D eigenvalue weighted by atomic mass is 35.5. The summed E-state index contributed by atoms with van der Waals surface area (Å²) in [4.78, 5) is 10.8. The molecule has 2 nitrogen and oxygen atoms in total. The third-order valence-corrected chi connectivity index (χ3v) is 3.26. The number of rotatable bonds is 2. The van der Waals surface area contributed by atoms with Crippen molar-refractivity contribution in [3.63, 3.8) is 0 Å². The van der Waals surface area contributed by atoms with Gasteiger partial charge in [-0.1, -0.05) is 40.9 Å². The smallest absolute Gasteiger partial charge is 0.153 e. The fourth-order valence-electron chi connectivity index (χ4n) is 1.62. The van der Waals surface area contributed by atoms with E-state index in [1.54, 1.807) is 18.2 Å². The first-order valence-corrected chi connectivity index (χ1v) is 6.09. The highest BCUT2D eigenvalue weighted by Crippen LogP contribution is 2.38. The van der Waals surface area contributed by atoms with Crippen molar-refractivity contribution in [2.24, 2.45) is 0 Å². The number of phenolic OH excluding ortho intramolecular Hbond substituents is 1. The van der Waals surface area contributed by atoms with Crippen LogP contribution in [0.15, 0.2) is 30.3 Å². The van der Waals surface area contributed by atoms with Gasteiger partial charge in [0.15, 0.2) is 6.29 Å². The summed E-state index contributed by atoms with van der Waals surface area (Å²) in [6, 6.07) is 7.70. The molecular weight excluding hydrogens is 295 g/mol.